The van der Waals surface area contributed by atoms with Gasteiger partial charge in [0.05, 0.1) is 4.83 Å². The summed E-state index contributed by atoms with van der Waals surface area (Å²) in [6.45, 7) is 6.42. The lowest BCUT2D eigenvalue weighted by Crippen LogP contribution is -1.96. The molecule has 0 aliphatic carbocycles. The van der Waals surface area contributed by atoms with Crippen LogP contribution in [0.4, 0.5) is 0 Å². The summed E-state index contributed by atoms with van der Waals surface area (Å²) in [6.07, 6.45) is 0. The molecule has 0 heterocycles. The molecule has 0 nitrogen and oxygen atoms in total. The van der Waals surface area contributed by atoms with Gasteiger partial charge in [-0.2, -0.15) is 0 Å². The van der Waals surface area contributed by atoms with Crippen molar-refractivity contribution in [2.45, 2.75) is 25.6 Å². The van der Waals surface area contributed by atoms with Crippen molar-refractivity contribution in [1.82, 2.24) is 0 Å². The number of rotatable bonds is 2. The minimum atomic E-state index is 0.281. The average Bonchev–Trinajstić information content (AvgIpc) is 2.29. The Labute approximate surface area is 112 Å². The lowest BCUT2D eigenvalue weighted by Gasteiger charge is -2.14. The molecular formula is C16H17Br. The highest BCUT2D eigenvalue weighted by Crippen LogP contribution is 2.33. The maximum absolute atomic E-state index is 3.79. The van der Waals surface area contributed by atoms with Crippen molar-refractivity contribution in [3.63, 3.8) is 0 Å². The van der Waals surface area contributed by atoms with Gasteiger partial charge in [0.15, 0.2) is 0 Å². The monoisotopic (exact) mass is 288 g/mol. The number of hydrogen-bond acceptors (Lipinski definition) is 0. The van der Waals surface area contributed by atoms with Crippen LogP contribution in [0.15, 0.2) is 42.5 Å². The van der Waals surface area contributed by atoms with Crippen LogP contribution in [-0.4, -0.2) is 0 Å². The Hall–Kier alpha value is -1.08. The predicted molar refractivity (Wildman–Crippen MR) is 77.9 cm³/mol. The molecule has 0 bridgehead atoms. The first-order valence-electron chi connectivity index (χ1n) is 5.85. The van der Waals surface area contributed by atoms with Crippen LogP contribution in [0.1, 0.15) is 32.6 Å². The van der Waals surface area contributed by atoms with E-state index in [4.69, 9.17) is 0 Å². The summed E-state index contributed by atoms with van der Waals surface area (Å²) in [5, 5.41) is 0. The van der Waals surface area contributed by atoms with Gasteiger partial charge >= 0.3 is 0 Å². The van der Waals surface area contributed by atoms with Crippen molar-refractivity contribution < 1.29 is 0 Å². The van der Waals surface area contributed by atoms with E-state index in [-0.39, 0.29) is 4.83 Å². The molecular weight excluding hydrogens is 272 g/mol. The Morgan fingerprint density at radius 1 is 0.824 bits per heavy atom. The van der Waals surface area contributed by atoms with Gasteiger partial charge in [-0.3, -0.25) is 0 Å². The zero-order chi connectivity index (χ0) is 12.4. The van der Waals surface area contributed by atoms with Crippen molar-refractivity contribution in [3.8, 4) is 0 Å². The third-order valence-corrected chi connectivity index (χ3v) is 4.09. The van der Waals surface area contributed by atoms with Crippen LogP contribution in [0.2, 0.25) is 0 Å². The fourth-order valence-electron chi connectivity index (χ4n) is 2.02. The molecule has 17 heavy (non-hydrogen) atoms. The molecule has 0 aliphatic rings. The minimum Gasteiger partial charge on any atom is -0.0786 e. The highest BCUT2D eigenvalue weighted by molar-refractivity contribution is 9.09. The molecule has 0 saturated heterocycles. The van der Waals surface area contributed by atoms with Crippen molar-refractivity contribution in [1.29, 1.82) is 0 Å². The topological polar surface area (TPSA) is 0 Å². The molecule has 1 heteroatoms. The molecule has 0 fully saturated rings. The van der Waals surface area contributed by atoms with E-state index in [1.807, 2.05) is 0 Å². The number of benzene rings is 2. The largest absolute Gasteiger partial charge is 0.0786 e. The van der Waals surface area contributed by atoms with E-state index in [0.29, 0.717) is 0 Å². The maximum atomic E-state index is 3.79. The van der Waals surface area contributed by atoms with Gasteiger partial charge in [0, 0.05) is 0 Å². The molecule has 0 amide bonds. The second-order valence-corrected chi connectivity index (χ2v) is 5.55. The van der Waals surface area contributed by atoms with Gasteiger partial charge < -0.3 is 0 Å². The summed E-state index contributed by atoms with van der Waals surface area (Å²) < 4.78 is 0. The number of hydrogen-bond donors (Lipinski definition) is 0. The average molecular weight is 289 g/mol. The van der Waals surface area contributed by atoms with Crippen molar-refractivity contribution >= 4 is 15.9 Å². The normalized spacial score (nSPS) is 12.5. The fraction of sp³-hybridized carbons (Fsp3) is 0.250. The molecule has 1 atom stereocenters. The standard InChI is InChI=1S/C16H17Br/c1-11-4-7-14(8-5-11)16(17)15-9-6-12(2)10-13(15)3/h4-10,16H,1-3H3. The molecule has 0 aliphatic heterocycles. The molecule has 0 spiro atoms. The van der Waals surface area contributed by atoms with E-state index in [0.717, 1.165) is 0 Å². The van der Waals surface area contributed by atoms with Gasteiger partial charge in [-0.1, -0.05) is 69.5 Å². The van der Waals surface area contributed by atoms with Crippen molar-refractivity contribution in [2.24, 2.45) is 0 Å². The van der Waals surface area contributed by atoms with Gasteiger partial charge in [0.25, 0.3) is 0 Å². The number of aryl methyl sites for hydroxylation is 3. The summed E-state index contributed by atoms with van der Waals surface area (Å²) in [7, 11) is 0. The quantitative estimate of drug-likeness (QED) is 0.675. The van der Waals surface area contributed by atoms with E-state index in [1.54, 1.807) is 0 Å². The van der Waals surface area contributed by atoms with Crippen molar-refractivity contribution in [3.05, 3.63) is 70.3 Å². The third-order valence-electron chi connectivity index (χ3n) is 3.07. The molecule has 0 saturated carbocycles. The van der Waals surface area contributed by atoms with E-state index >= 15 is 0 Å². The zero-order valence-electron chi connectivity index (χ0n) is 10.5. The summed E-state index contributed by atoms with van der Waals surface area (Å²) in [5.41, 5.74) is 6.61. The molecule has 2 rings (SSSR count). The second-order valence-electron chi connectivity index (χ2n) is 4.63. The Bertz CT molecular complexity index is 512. The molecule has 1 unspecified atom stereocenters. The van der Waals surface area contributed by atoms with E-state index < -0.39 is 0 Å². The van der Waals surface area contributed by atoms with Crippen LogP contribution in [0, 0.1) is 20.8 Å². The molecule has 88 valence electrons. The maximum Gasteiger partial charge on any atom is 0.0647 e. The second kappa shape index (κ2) is 5.05. The molecule has 2 aromatic rings. The lowest BCUT2D eigenvalue weighted by molar-refractivity contribution is 1.13. The van der Waals surface area contributed by atoms with Crippen LogP contribution in [0.5, 0.6) is 0 Å². The number of halogens is 1. The Balaban J connectivity index is 2.36. The van der Waals surface area contributed by atoms with Crippen LogP contribution >= 0.6 is 15.9 Å². The summed E-state index contributed by atoms with van der Waals surface area (Å²) >= 11 is 3.79. The minimum absolute atomic E-state index is 0.281. The Kier molecular flexibility index (Phi) is 3.68. The van der Waals surface area contributed by atoms with E-state index in [1.165, 1.54) is 27.8 Å². The zero-order valence-corrected chi connectivity index (χ0v) is 12.1. The van der Waals surface area contributed by atoms with Crippen LogP contribution in [-0.2, 0) is 0 Å². The lowest BCUT2D eigenvalue weighted by atomic mass is 9.98. The first kappa shape index (κ1) is 12.4. The first-order chi connectivity index (χ1) is 8.08. The highest BCUT2D eigenvalue weighted by Gasteiger charge is 2.12. The van der Waals surface area contributed by atoms with E-state index in [2.05, 4.69) is 79.2 Å². The predicted octanol–water partition coefficient (Wildman–Crippen LogP) is 5.10. The van der Waals surface area contributed by atoms with Gasteiger partial charge in [0.1, 0.15) is 0 Å². The van der Waals surface area contributed by atoms with Crippen LogP contribution in [0.25, 0.3) is 0 Å². The Morgan fingerprint density at radius 2 is 1.41 bits per heavy atom. The fourth-order valence-corrected chi connectivity index (χ4v) is 2.84. The summed E-state index contributed by atoms with van der Waals surface area (Å²) in [5.74, 6) is 0. The molecule has 0 N–H and O–H groups in total. The first-order valence-corrected chi connectivity index (χ1v) is 6.77. The summed E-state index contributed by atoms with van der Waals surface area (Å²) in [4.78, 5) is 0.281. The van der Waals surface area contributed by atoms with E-state index in [9.17, 15) is 0 Å². The van der Waals surface area contributed by atoms with Gasteiger partial charge in [-0.25, -0.2) is 0 Å². The third kappa shape index (κ3) is 2.78. The number of alkyl halides is 1. The van der Waals surface area contributed by atoms with Crippen LogP contribution in [0.3, 0.4) is 0 Å². The van der Waals surface area contributed by atoms with Crippen molar-refractivity contribution in [2.75, 3.05) is 0 Å². The van der Waals surface area contributed by atoms with Gasteiger partial charge in [-0.15, -0.1) is 0 Å². The SMILES string of the molecule is Cc1ccc(C(Br)c2ccc(C)cc2C)cc1. The van der Waals surface area contributed by atoms with Gasteiger partial charge in [-0.05, 0) is 37.5 Å². The smallest absolute Gasteiger partial charge is 0.0647 e. The summed E-state index contributed by atoms with van der Waals surface area (Å²) in [6, 6.07) is 15.3. The Morgan fingerprint density at radius 3 is 2.00 bits per heavy atom. The molecule has 0 aromatic heterocycles. The van der Waals surface area contributed by atoms with Crippen LogP contribution < -0.4 is 0 Å². The van der Waals surface area contributed by atoms with Gasteiger partial charge in [0.2, 0.25) is 0 Å². The highest BCUT2D eigenvalue weighted by atomic mass is 79.9. The molecule has 2 aromatic carbocycles. The molecule has 0 radical (unpaired) electrons.